The number of aryl methyl sites for hydroxylation is 1. The first-order chi connectivity index (χ1) is 8.74. The Bertz CT molecular complexity index is 420. The summed E-state index contributed by atoms with van der Waals surface area (Å²) in [7, 11) is 0. The lowest BCUT2D eigenvalue weighted by molar-refractivity contribution is 0.0716. The minimum Gasteiger partial charge on any atom is -0.311 e. The molecular formula is C14H22N4. The summed E-state index contributed by atoms with van der Waals surface area (Å²) in [4.78, 5) is 9.54. The Morgan fingerprint density at radius 2 is 2.22 bits per heavy atom. The molecule has 2 atom stereocenters. The molecule has 0 saturated carbocycles. The molecule has 4 nitrogen and oxygen atoms in total. The highest BCUT2D eigenvalue weighted by molar-refractivity contribution is 5.13. The second kappa shape index (κ2) is 4.96. The molecule has 3 heterocycles. The first-order valence-electron chi connectivity index (χ1n) is 6.91. The molecule has 2 aliphatic heterocycles. The monoisotopic (exact) mass is 246 g/mol. The van der Waals surface area contributed by atoms with Crippen molar-refractivity contribution >= 4 is 0 Å². The maximum atomic E-state index is 6.37. The zero-order valence-corrected chi connectivity index (χ0v) is 11.0. The fraction of sp³-hybridized carbons (Fsp3) is 0.643. The average molecular weight is 246 g/mol. The lowest BCUT2D eigenvalue weighted by Gasteiger charge is -2.40. The third-order valence-electron chi connectivity index (χ3n) is 4.23. The van der Waals surface area contributed by atoms with Crippen LogP contribution < -0.4 is 5.73 Å². The maximum Gasteiger partial charge on any atom is 0.101 e. The summed E-state index contributed by atoms with van der Waals surface area (Å²) in [6, 6.07) is 6.82. The van der Waals surface area contributed by atoms with Crippen LogP contribution in [0, 0.1) is 6.92 Å². The van der Waals surface area contributed by atoms with E-state index in [4.69, 9.17) is 5.73 Å². The quantitative estimate of drug-likeness (QED) is 0.849. The standard InChI is InChI=1S/C14H22N4/c1-11-4-2-6-13(16-11)14(15)18-9-8-17-7-3-5-12(17)10-18/h2,4,6,12,14H,3,5,7-10,15H2,1H3/t12-,14?/m1/s1. The molecule has 0 bridgehead atoms. The molecule has 0 spiro atoms. The number of piperazine rings is 1. The molecule has 2 saturated heterocycles. The molecule has 98 valence electrons. The topological polar surface area (TPSA) is 45.4 Å². The van der Waals surface area contributed by atoms with Crippen molar-refractivity contribution in [2.24, 2.45) is 5.73 Å². The third kappa shape index (κ3) is 2.28. The zero-order valence-electron chi connectivity index (χ0n) is 11.0. The van der Waals surface area contributed by atoms with Crippen LogP contribution in [0.1, 0.15) is 30.4 Å². The van der Waals surface area contributed by atoms with Gasteiger partial charge in [0.15, 0.2) is 0 Å². The summed E-state index contributed by atoms with van der Waals surface area (Å²) in [6.07, 6.45) is 2.62. The van der Waals surface area contributed by atoms with Crippen molar-refractivity contribution in [1.29, 1.82) is 0 Å². The second-order valence-corrected chi connectivity index (χ2v) is 5.48. The Labute approximate surface area is 109 Å². The Morgan fingerprint density at radius 1 is 1.33 bits per heavy atom. The molecule has 4 heteroatoms. The summed E-state index contributed by atoms with van der Waals surface area (Å²) in [5.41, 5.74) is 8.41. The number of fused-ring (bicyclic) bond motifs is 1. The number of rotatable bonds is 2. The summed E-state index contributed by atoms with van der Waals surface area (Å²) in [5, 5.41) is 0. The van der Waals surface area contributed by atoms with Gasteiger partial charge in [-0.3, -0.25) is 14.8 Å². The first kappa shape index (κ1) is 12.1. The summed E-state index contributed by atoms with van der Waals surface area (Å²) < 4.78 is 0. The van der Waals surface area contributed by atoms with Crippen LogP contribution in [0.5, 0.6) is 0 Å². The number of pyridine rings is 1. The predicted octanol–water partition coefficient (Wildman–Crippen LogP) is 1.13. The SMILES string of the molecule is Cc1cccc(C(N)N2CCN3CCC[C@@H]3C2)n1. The summed E-state index contributed by atoms with van der Waals surface area (Å²) in [5.74, 6) is 0. The molecule has 2 aliphatic rings. The Balaban J connectivity index is 1.71. The normalized spacial score (nSPS) is 27.1. The van der Waals surface area contributed by atoms with Gasteiger partial charge in [0, 0.05) is 31.4 Å². The molecule has 2 fully saturated rings. The fourth-order valence-electron chi connectivity index (χ4n) is 3.18. The van der Waals surface area contributed by atoms with Gasteiger partial charge < -0.3 is 5.73 Å². The highest BCUT2D eigenvalue weighted by Crippen LogP contribution is 2.25. The van der Waals surface area contributed by atoms with Crippen molar-refractivity contribution in [3.63, 3.8) is 0 Å². The molecule has 0 aromatic carbocycles. The van der Waals surface area contributed by atoms with Crippen molar-refractivity contribution in [2.75, 3.05) is 26.2 Å². The Morgan fingerprint density at radius 3 is 3.06 bits per heavy atom. The lowest BCUT2D eigenvalue weighted by Crippen LogP contribution is -2.52. The third-order valence-corrected chi connectivity index (χ3v) is 4.23. The lowest BCUT2D eigenvalue weighted by atomic mass is 10.1. The summed E-state index contributed by atoms with van der Waals surface area (Å²) in [6.45, 7) is 6.61. The molecule has 0 aliphatic carbocycles. The van der Waals surface area contributed by atoms with Crippen molar-refractivity contribution < 1.29 is 0 Å². The highest BCUT2D eigenvalue weighted by Gasteiger charge is 2.32. The van der Waals surface area contributed by atoms with E-state index in [2.05, 4.69) is 14.8 Å². The minimum absolute atomic E-state index is 0.0485. The van der Waals surface area contributed by atoms with Crippen LogP contribution in [0.4, 0.5) is 0 Å². The van der Waals surface area contributed by atoms with Crippen LogP contribution in [0.25, 0.3) is 0 Å². The van der Waals surface area contributed by atoms with Crippen molar-refractivity contribution in [3.8, 4) is 0 Å². The van der Waals surface area contributed by atoms with Crippen LogP contribution in [-0.4, -0.2) is 47.0 Å². The van der Waals surface area contributed by atoms with Crippen LogP contribution in [-0.2, 0) is 0 Å². The minimum atomic E-state index is -0.0485. The fourth-order valence-corrected chi connectivity index (χ4v) is 3.18. The number of hydrogen-bond donors (Lipinski definition) is 1. The van der Waals surface area contributed by atoms with E-state index in [1.54, 1.807) is 0 Å². The molecule has 1 aromatic heterocycles. The molecule has 2 N–H and O–H groups in total. The smallest absolute Gasteiger partial charge is 0.101 e. The number of nitrogens with zero attached hydrogens (tertiary/aromatic N) is 3. The Kier molecular flexibility index (Phi) is 3.33. The first-order valence-corrected chi connectivity index (χ1v) is 6.91. The van der Waals surface area contributed by atoms with Gasteiger partial charge in [0.2, 0.25) is 0 Å². The molecule has 18 heavy (non-hydrogen) atoms. The van der Waals surface area contributed by atoms with E-state index in [-0.39, 0.29) is 6.17 Å². The number of aromatic nitrogens is 1. The molecule has 1 unspecified atom stereocenters. The van der Waals surface area contributed by atoms with Crippen LogP contribution in [0.3, 0.4) is 0 Å². The van der Waals surface area contributed by atoms with E-state index in [9.17, 15) is 0 Å². The van der Waals surface area contributed by atoms with E-state index >= 15 is 0 Å². The predicted molar refractivity (Wildman–Crippen MR) is 72.1 cm³/mol. The van der Waals surface area contributed by atoms with E-state index in [1.165, 1.54) is 19.4 Å². The number of hydrogen-bond acceptors (Lipinski definition) is 4. The second-order valence-electron chi connectivity index (χ2n) is 5.48. The van der Waals surface area contributed by atoms with Crippen molar-refractivity contribution in [2.45, 2.75) is 32.0 Å². The van der Waals surface area contributed by atoms with Crippen LogP contribution in [0.2, 0.25) is 0 Å². The van der Waals surface area contributed by atoms with Gasteiger partial charge in [0.25, 0.3) is 0 Å². The van der Waals surface area contributed by atoms with Gasteiger partial charge in [0.05, 0.1) is 5.69 Å². The van der Waals surface area contributed by atoms with Crippen molar-refractivity contribution in [1.82, 2.24) is 14.8 Å². The molecule has 1 aromatic rings. The molecular weight excluding hydrogens is 224 g/mol. The largest absolute Gasteiger partial charge is 0.311 e. The van der Waals surface area contributed by atoms with E-state index in [1.807, 2.05) is 25.1 Å². The van der Waals surface area contributed by atoms with Crippen molar-refractivity contribution in [3.05, 3.63) is 29.6 Å². The van der Waals surface area contributed by atoms with Gasteiger partial charge >= 0.3 is 0 Å². The van der Waals surface area contributed by atoms with Gasteiger partial charge in [-0.05, 0) is 38.4 Å². The molecule has 0 radical (unpaired) electrons. The van der Waals surface area contributed by atoms with Gasteiger partial charge in [-0.1, -0.05) is 6.07 Å². The van der Waals surface area contributed by atoms with Gasteiger partial charge in [0.1, 0.15) is 6.17 Å². The van der Waals surface area contributed by atoms with Crippen LogP contribution >= 0.6 is 0 Å². The van der Waals surface area contributed by atoms with Gasteiger partial charge in [-0.25, -0.2) is 0 Å². The highest BCUT2D eigenvalue weighted by atomic mass is 15.3. The molecule has 3 rings (SSSR count). The summed E-state index contributed by atoms with van der Waals surface area (Å²) >= 11 is 0. The maximum absolute atomic E-state index is 6.37. The molecule has 0 amide bonds. The van der Waals surface area contributed by atoms with Gasteiger partial charge in [-0.15, -0.1) is 0 Å². The Hall–Kier alpha value is -0.970. The van der Waals surface area contributed by atoms with Gasteiger partial charge in [-0.2, -0.15) is 0 Å². The average Bonchev–Trinajstić information content (AvgIpc) is 2.85. The van der Waals surface area contributed by atoms with E-state index in [0.717, 1.165) is 37.1 Å². The van der Waals surface area contributed by atoms with E-state index in [0.29, 0.717) is 0 Å². The zero-order chi connectivity index (χ0) is 12.5. The van der Waals surface area contributed by atoms with E-state index < -0.39 is 0 Å². The van der Waals surface area contributed by atoms with Crippen LogP contribution in [0.15, 0.2) is 18.2 Å². The number of nitrogens with two attached hydrogens (primary N) is 1.